The molecule has 0 saturated carbocycles. The van der Waals surface area contributed by atoms with Gasteiger partial charge in [-0.1, -0.05) is 58.3 Å². The van der Waals surface area contributed by atoms with Crippen LogP contribution in [0.1, 0.15) is 71.1 Å². The van der Waals surface area contributed by atoms with Gasteiger partial charge in [0.2, 0.25) is 0 Å². The van der Waals surface area contributed by atoms with Crippen molar-refractivity contribution in [1.29, 1.82) is 0 Å². The Morgan fingerprint density at radius 1 is 0.759 bits per heavy atom. The summed E-state index contributed by atoms with van der Waals surface area (Å²) < 4.78 is 4.62. The minimum absolute atomic E-state index is 0.0694. The largest absolute Gasteiger partial charge is 0.395 e. The van der Waals surface area contributed by atoms with Crippen LogP contribution < -0.4 is 5.32 Å². The van der Waals surface area contributed by atoms with Gasteiger partial charge in [-0.3, -0.25) is 14.5 Å². The van der Waals surface area contributed by atoms with Gasteiger partial charge in [0.25, 0.3) is 0 Å². The van der Waals surface area contributed by atoms with E-state index in [0.29, 0.717) is 26.1 Å². The number of nitrogens with zero attached hydrogens (tertiary/aromatic N) is 1. The van der Waals surface area contributed by atoms with Crippen LogP contribution >= 0.6 is 0 Å². The van der Waals surface area contributed by atoms with Crippen LogP contribution in [0.5, 0.6) is 0 Å². The number of aliphatic hydroxyl groups is 3. The molecular formula is C21H44N2O6. The number of carbonyl (C=O) groups excluding carboxylic acids is 2. The average molecular weight is 421 g/mol. The minimum atomic E-state index is -0.497. The van der Waals surface area contributed by atoms with Crippen molar-refractivity contribution in [2.75, 3.05) is 53.0 Å². The maximum Gasteiger partial charge on any atom is 0.327 e. The van der Waals surface area contributed by atoms with E-state index in [2.05, 4.69) is 17.0 Å². The summed E-state index contributed by atoms with van der Waals surface area (Å²) in [7, 11) is 1.65. The van der Waals surface area contributed by atoms with Gasteiger partial charge in [-0.15, -0.1) is 0 Å². The van der Waals surface area contributed by atoms with Crippen molar-refractivity contribution in [3.63, 3.8) is 0 Å². The number of unbranched alkanes of at least 4 members (excludes halogenated alkanes) is 8. The predicted octanol–water partition coefficient (Wildman–Crippen LogP) is 1.46. The Balaban J connectivity index is 0. The van der Waals surface area contributed by atoms with Crippen LogP contribution in [-0.2, 0) is 14.3 Å². The first-order valence-corrected chi connectivity index (χ1v) is 11.0. The molecule has 0 aliphatic heterocycles. The van der Waals surface area contributed by atoms with Gasteiger partial charge < -0.3 is 25.4 Å². The Hall–Kier alpha value is -1.06. The van der Waals surface area contributed by atoms with E-state index in [1.54, 1.807) is 11.9 Å². The van der Waals surface area contributed by atoms with E-state index in [-0.39, 0.29) is 26.4 Å². The Labute approximate surface area is 176 Å². The monoisotopic (exact) mass is 420 g/mol. The van der Waals surface area contributed by atoms with E-state index >= 15 is 0 Å². The van der Waals surface area contributed by atoms with Gasteiger partial charge in [0, 0.05) is 26.1 Å². The van der Waals surface area contributed by atoms with Crippen molar-refractivity contribution in [1.82, 2.24) is 10.2 Å². The SMILES string of the molecule is CCCCCCCCCCCC(=O)OC(=O)CNC.OCCN(CCO)CCO. The molecule has 29 heavy (non-hydrogen) atoms. The van der Waals surface area contributed by atoms with Crippen LogP contribution in [0.4, 0.5) is 0 Å². The minimum Gasteiger partial charge on any atom is -0.395 e. The molecular weight excluding hydrogens is 376 g/mol. The van der Waals surface area contributed by atoms with E-state index in [1.807, 2.05) is 0 Å². The molecule has 0 aliphatic carbocycles. The third kappa shape index (κ3) is 24.9. The summed E-state index contributed by atoms with van der Waals surface area (Å²) in [6, 6.07) is 0. The summed E-state index contributed by atoms with van der Waals surface area (Å²) >= 11 is 0. The molecule has 0 atom stereocenters. The fourth-order valence-electron chi connectivity index (χ4n) is 2.70. The van der Waals surface area contributed by atoms with Crippen molar-refractivity contribution in [3.05, 3.63) is 0 Å². The fraction of sp³-hybridized carbons (Fsp3) is 0.905. The molecule has 0 unspecified atom stereocenters. The molecule has 0 radical (unpaired) electrons. The van der Waals surface area contributed by atoms with Gasteiger partial charge in [0.1, 0.15) is 0 Å². The molecule has 8 heteroatoms. The highest BCUT2D eigenvalue weighted by Gasteiger charge is 2.08. The van der Waals surface area contributed by atoms with Gasteiger partial charge in [0.15, 0.2) is 0 Å². The highest BCUT2D eigenvalue weighted by Crippen LogP contribution is 2.10. The number of hydrogen-bond donors (Lipinski definition) is 4. The van der Waals surface area contributed by atoms with Crippen LogP contribution in [0.15, 0.2) is 0 Å². The van der Waals surface area contributed by atoms with Crippen molar-refractivity contribution in [3.8, 4) is 0 Å². The number of carbonyl (C=O) groups is 2. The number of aliphatic hydroxyl groups excluding tert-OH is 3. The Morgan fingerprint density at radius 2 is 1.21 bits per heavy atom. The lowest BCUT2D eigenvalue weighted by atomic mass is 10.1. The number of esters is 2. The van der Waals surface area contributed by atoms with Crippen molar-refractivity contribution < 1.29 is 29.6 Å². The molecule has 4 N–H and O–H groups in total. The molecule has 0 bridgehead atoms. The Kier molecular flexibility index (Phi) is 26.0. The molecule has 0 aromatic carbocycles. The van der Waals surface area contributed by atoms with E-state index in [9.17, 15) is 9.59 Å². The lowest BCUT2D eigenvalue weighted by molar-refractivity contribution is -0.158. The maximum atomic E-state index is 11.3. The number of nitrogens with one attached hydrogen (secondary N) is 1. The van der Waals surface area contributed by atoms with Gasteiger partial charge in [-0.25, -0.2) is 0 Å². The van der Waals surface area contributed by atoms with Crippen molar-refractivity contribution in [2.24, 2.45) is 0 Å². The molecule has 174 valence electrons. The number of rotatable bonds is 18. The zero-order chi connectivity index (χ0) is 22.2. The van der Waals surface area contributed by atoms with Crippen molar-refractivity contribution in [2.45, 2.75) is 71.1 Å². The molecule has 0 heterocycles. The van der Waals surface area contributed by atoms with E-state index in [0.717, 1.165) is 12.8 Å². The lowest BCUT2D eigenvalue weighted by Gasteiger charge is -2.17. The second-order valence-electron chi connectivity index (χ2n) is 6.97. The first kappa shape index (κ1) is 30.1. The lowest BCUT2D eigenvalue weighted by Crippen LogP contribution is -2.32. The zero-order valence-corrected chi connectivity index (χ0v) is 18.5. The van der Waals surface area contributed by atoms with Crippen LogP contribution in [0.2, 0.25) is 0 Å². The summed E-state index contributed by atoms with van der Waals surface area (Å²) in [6.45, 7) is 4.06. The van der Waals surface area contributed by atoms with Crippen LogP contribution in [0, 0.1) is 0 Å². The summed E-state index contributed by atoms with van der Waals surface area (Å²) in [5.41, 5.74) is 0. The third-order valence-electron chi connectivity index (χ3n) is 4.28. The molecule has 8 nitrogen and oxygen atoms in total. The van der Waals surface area contributed by atoms with Crippen LogP contribution in [0.25, 0.3) is 0 Å². The molecule has 0 aromatic rings. The number of ether oxygens (including phenoxy) is 1. The van der Waals surface area contributed by atoms with E-state index in [1.165, 1.54) is 44.9 Å². The van der Waals surface area contributed by atoms with Gasteiger partial charge in [-0.2, -0.15) is 0 Å². The maximum absolute atomic E-state index is 11.3. The van der Waals surface area contributed by atoms with Gasteiger partial charge in [0.05, 0.1) is 26.4 Å². The molecule has 0 fully saturated rings. The first-order chi connectivity index (χ1) is 14.0. The third-order valence-corrected chi connectivity index (χ3v) is 4.28. The van der Waals surface area contributed by atoms with Crippen LogP contribution in [-0.4, -0.2) is 85.2 Å². The summed E-state index contributed by atoms with van der Waals surface area (Å²) in [6.07, 6.45) is 11.2. The van der Waals surface area contributed by atoms with Gasteiger partial charge >= 0.3 is 11.9 Å². The predicted molar refractivity (Wildman–Crippen MR) is 115 cm³/mol. The summed E-state index contributed by atoms with van der Waals surface area (Å²) in [5.74, 6) is -0.897. The van der Waals surface area contributed by atoms with Crippen LogP contribution in [0.3, 0.4) is 0 Å². The summed E-state index contributed by atoms with van der Waals surface area (Å²) in [4.78, 5) is 24.1. The fourth-order valence-corrected chi connectivity index (χ4v) is 2.70. The molecule has 0 rings (SSSR count). The summed E-state index contributed by atoms with van der Waals surface area (Å²) in [5, 5.41) is 28.1. The molecule has 0 saturated heterocycles. The number of hydrogen-bond acceptors (Lipinski definition) is 8. The van der Waals surface area contributed by atoms with E-state index < -0.39 is 11.9 Å². The smallest absolute Gasteiger partial charge is 0.327 e. The molecule has 0 spiro atoms. The highest BCUT2D eigenvalue weighted by molar-refractivity contribution is 5.86. The molecule has 0 amide bonds. The van der Waals surface area contributed by atoms with Crippen molar-refractivity contribution >= 4 is 11.9 Å². The second-order valence-corrected chi connectivity index (χ2v) is 6.97. The standard InChI is InChI=1S/C15H29NO3.C6H15NO3/c1-3-4-5-6-7-8-9-10-11-12-14(17)19-15(18)13-16-2;8-4-1-7(2-5-9)3-6-10/h16H,3-13H2,1-2H3;8-10H,1-6H2. The quantitative estimate of drug-likeness (QED) is 0.149. The number of likely N-dealkylation sites (N-methyl/N-ethyl adjacent to an activating group) is 1. The molecule has 0 aliphatic rings. The Morgan fingerprint density at radius 3 is 1.62 bits per heavy atom. The Bertz CT molecular complexity index is 355. The highest BCUT2D eigenvalue weighted by atomic mass is 16.6. The zero-order valence-electron chi connectivity index (χ0n) is 18.5. The average Bonchev–Trinajstić information content (AvgIpc) is 2.68. The second kappa shape index (κ2) is 25.0. The van der Waals surface area contributed by atoms with Gasteiger partial charge in [-0.05, 0) is 13.5 Å². The van der Waals surface area contributed by atoms with E-state index in [4.69, 9.17) is 15.3 Å². The normalized spacial score (nSPS) is 10.6. The topological polar surface area (TPSA) is 119 Å². The molecule has 0 aromatic heterocycles. The first-order valence-electron chi connectivity index (χ1n) is 11.0.